The lowest BCUT2D eigenvalue weighted by molar-refractivity contribution is 0.399. The van der Waals surface area contributed by atoms with Crippen LogP contribution in [0.3, 0.4) is 0 Å². The molecule has 3 heterocycles. The highest BCUT2D eigenvalue weighted by Gasteiger charge is 2.28. The Morgan fingerprint density at radius 1 is 0.380 bits per heavy atom. The summed E-state index contributed by atoms with van der Waals surface area (Å²) in [4.78, 5) is 1.47. The molecule has 0 radical (unpaired) electrons. The molecule has 2 atom stereocenters. The van der Waals surface area contributed by atoms with Gasteiger partial charge in [-0.05, 0) is 79.8 Å². The smallest absolute Gasteiger partial charge is 0.170 e. The summed E-state index contributed by atoms with van der Waals surface area (Å²) in [6.45, 7) is 9.16. The first kappa shape index (κ1) is 62.8. The van der Waals surface area contributed by atoms with Gasteiger partial charge in [0, 0.05) is 9.75 Å². The fourth-order valence-corrected chi connectivity index (χ4v) is 15.1. The van der Waals surface area contributed by atoms with E-state index in [4.69, 9.17) is 0 Å². The molecule has 0 bridgehead atoms. The molecule has 2 nitrogen and oxygen atoms in total. The van der Waals surface area contributed by atoms with Crippen molar-refractivity contribution in [1.82, 2.24) is 8.75 Å². The third kappa shape index (κ3) is 24.4. The summed E-state index contributed by atoms with van der Waals surface area (Å²) in [6, 6.07) is 4.26. The van der Waals surface area contributed by atoms with Gasteiger partial charge in [0.05, 0.1) is 30.4 Å². The van der Waals surface area contributed by atoms with Gasteiger partial charge in [0.1, 0.15) is 11.0 Å². The molecule has 1 aromatic carbocycles. The van der Waals surface area contributed by atoms with Crippen molar-refractivity contribution in [2.24, 2.45) is 11.8 Å². The number of thiophene rings is 2. The van der Waals surface area contributed by atoms with E-state index >= 15 is 8.78 Å². The van der Waals surface area contributed by atoms with Crippen molar-refractivity contribution in [1.29, 1.82) is 0 Å². The predicted octanol–water partition coefficient (Wildman–Crippen LogP) is 25.0. The average Bonchev–Trinajstić information content (AvgIpc) is 4.09. The van der Waals surface area contributed by atoms with E-state index < -0.39 is 11.6 Å². The fraction of sp³-hybridized carbons (Fsp3) is 0.774. The van der Waals surface area contributed by atoms with Crippen LogP contribution in [0, 0.1) is 23.5 Å². The number of fused-ring (bicyclic) bond motifs is 1. The van der Waals surface area contributed by atoms with E-state index in [9.17, 15) is 0 Å². The largest absolute Gasteiger partial charge is 0.203 e. The topological polar surface area (TPSA) is 25.8 Å². The van der Waals surface area contributed by atoms with Crippen LogP contribution in [0.1, 0.15) is 296 Å². The Morgan fingerprint density at radius 2 is 0.620 bits per heavy atom. The van der Waals surface area contributed by atoms with E-state index in [1.807, 2.05) is 0 Å². The molecular formula is C62H100Br2F2N2S3. The first-order valence-corrected chi connectivity index (χ1v) is 34.0. The minimum atomic E-state index is -0.805. The maximum atomic E-state index is 16.8. The second-order valence-corrected chi connectivity index (χ2v) is 27.0. The highest BCUT2D eigenvalue weighted by molar-refractivity contribution is 9.11. The highest BCUT2D eigenvalue weighted by atomic mass is 79.9. The average molecular weight is 1170 g/mol. The molecule has 4 aromatic rings. The number of unbranched alkanes of at least 4 members (excludes halogenated alkanes) is 32. The molecule has 0 N–H and O–H groups in total. The highest BCUT2D eigenvalue weighted by Crippen LogP contribution is 2.47. The summed E-state index contributed by atoms with van der Waals surface area (Å²) in [7, 11) is 0. The van der Waals surface area contributed by atoms with E-state index in [2.05, 4.69) is 80.4 Å². The summed E-state index contributed by atoms with van der Waals surface area (Å²) in [5.74, 6) is -0.426. The Hall–Kier alpha value is -0.740. The zero-order valence-electron chi connectivity index (χ0n) is 45.6. The first-order valence-electron chi connectivity index (χ1n) is 30.0. The quantitative estimate of drug-likeness (QED) is 0.0412. The molecular weight excluding hydrogens is 1070 g/mol. The van der Waals surface area contributed by atoms with Crippen molar-refractivity contribution >= 4 is 77.3 Å². The molecule has 0 spiro atoms. The zero-order chi connectivity index (χ0) is 50.7. The second-order valence-electron chi connectivity index (χ2n) is 21.8. The van der Waals surface area contributed by atoms with E-state index in [0.717, 1.165) is 41.9 Å². The summed E-state index contributed by atoms with van der Waals surface area (Å²) in [5.41, 5.74) is 3.91. The standard InChI is InChI=1S/C62H100Br2F2N2S3/c1-5-9-13-17-21-25-27-31-35-39-43-49(41-37-33-29-23-19-15-11-7-3)45-51-47-53(69-61(51)63)55-57(65)58(66)56(60-59(55)67-71-68-60)54-48-52(62(64)70-54)46-50(42-38-34-30-24-20-16-12-8-4)44-40-36-32-28-26-22-18-14-10-6-2/h47-50H,5-46H2,1-4H3. The molecule has 2 unspecified atom stereocenters. The molecule has 4 rings (SSSR count). The number of nitrogens with zero attached hydrogens (tertiary/aromatic N) is 2. The molecule has 71 heavy (non-hydrogen) atoms. The van der Waals surface area contributed by atoms with Crippen molar-refractivity contribution < 1.29 is 8.78 Å². The van der Waals surface area contributed by atoms with Gasteiger partial charge in [-0.1, -0.05) is 285 Å². The predicted molar refractivity (Wildman–Crippen MR) is 321 cm³/mol. The van der Waals surface area contributed by atoms with Crippen LogP contribution >= 0.6 is 66.3 Å². The van der Waals surface area contributed by atoms with Gasteiger partial charge in [-0.2, -0.15) is 8.75 Å². The van der Waals surface area contributed by atoms with Gasteiger partial charge in [-0.15, -0.1) is 22.7 Å². The lowest BCUT2D eigenvalue weighted by Gasteiger charge is -2.17. The van der Waals surface area contributed by atoms with Crippen molar-refractivity contribution in [3.8, 4) is 20.9 Å². The van der Waals surface area contributed by atoms with Gasteiger partial charge in [0.15, 0.2) is 11.6 Å². The number of hydrogen-bond acceptors (Lipinski definition) is 5. The summed E-state index contributed by atoms with van der Waals surface area (Å²) >= 11 is 11.9. The van der Waals surface area contributed by atoms with E-state index in [1.165, 1.54) is 291 Å². The van der Waals surface area contributed by atoms with Gasteiger partial charge in [0.2, 0.25) is 0 Å². The molecule has 9 heteroatoms. The molecule has 0 saturated carbocycles. The van der Waals surface area contributed by atoms with Gasteiger partial charge in [0.25, 0.3) is 0 Å². The molecule has 0 amide bonds. The summed E-state index contributed by atoms with van der Waals surface area (Å²) in [6.07, 6.45) is 55.3. The number of aromatic nitrogens is 2. The third-order valence-corrected chi connectivity index (χ3v) is 20.0. The molecule has 0 aliphatic heterocycles. The Bertz CT molecular complexity index is 1800. The number of benzene rings is 1. The number of hydrogen-bond donors (Lipinski definition) is 0. The molecule has 0 aliphatic rings. The van der Waals surface area contributed by atoms with E-state index in [-0.39, 0.29) is 11.1 Å². The SMILES string of the molecule is CCCCCCCCCCCCC(CCCCCCCCCC)Cc1cc(-c2c(F)c(F)c(-c3cc(CC(CCCCCCCCCC)CCCCCCCCCCCC)c(Br)s3)c3nsnc23)sc1Br. The van der Waals surface area contributed by atoms with Gasteiger partial charge >= 0.3 is 0 Å². The zero-order valence-corrected chi connectivity index (χ0v) is 51.3. The van der Waals surface area contributed by atoms with E-state index in [0.29, 0.717) is 22.9 Å². The monoisotopic (exact) mass is 1160 g/mol. The molecule has 0 aliphatic carbocycles. The Kier molecular flexibility index (Phi) is 35.0. The van der Waals surface area contributed by atoms with Gasteiger partial charge in [-0.3, -0.25) is 0 Å². The lowest BCUT2D eigenvalue weighted by Crippen LogP contribution is -2.05. The van der Waals surface area contributed by atoms with Crippen LogP contribution < -0.4 is 0 Å². The van der Waals surface area contributed by atoms with Crippen molar-refractivity contribution in [2.75, 3.05) is 0 Å². The Morgan fingerprint density at radius 3 is 0.873 bits per heavy atom. The van der Waals surface area contributed by atoms with Crippen LogP contribution in [-0.2, 0) is 12.8 Å². The number of halogens is 4. The van der Waals surface area contributed by atoms with Crippen LogP contribution in [0.15, 0.2) is 19.7 Å². The van der Waals surface area contributed by atoms with Crippen LogP contribution in [0.25, 0.3) is 31.9 Å². The summed E-state index contributed by atoms with van der Waals surface area (Å²) in [5, 5.41) is 0. The molecule has 0 saturated heterocycles. The second kappa shape index (κ2) is 39.6. The van der Waals surface area contributed by atoms with Gasteiger partial charge in [-0.25, -0.2) is 8.78 Å². The third-order valence-electron chi connectivity index (χ3n) is 15.5. The molecule has 0 fully saturated rings. The minimum Gasteiger partial charge on any atom is -0.203 e. The Labute approximate surface area is 463 Å². The van der Waals surface area contributed by atoms with Crippen LogP contribution in [0.2, 0.25) is 0 Å². The van der Waals surface area contributed by atoms with Crippen LogP contribution in [0.4, 0.5) is 8.78 Å². The lowest BCUT2D eigenvalue weighted by atomic mass is 9.89. The normalized spacial score (nSPS) is 12.8. The number of rotatable bonds is 46. The fourth-order valence-electron chi connectivity index (χ4n) is 11.0. The minimum absolute atomic E-state index is 0.263. The Balaban J connectivity index is 1.44. The van der Waals surface area contributed by atoms with Crippen LogP contribution in [0.5, 0.6) is 0 Å². The maximum Gasteiger partial charge on any atom is 0.170 e. The van der Waals surface area contributed by atoms with Crippen molar-refractivity contribution in [3.05, 3.63) is 42.5 Å². The van der Waals surface area contributed by atoms with Crippen molar-refractivity contribution in [3.63, 3.8) is 0 Å². The maximum absolute atomic E-state index is 16.8. The van der Waals surface area contributed by atoms with Crippen molar-refractivity contribution in [2.45, 2.75) is 297 Å². The molecule has 404 valence electrons. The van der Waals surface area contributed by atoms with Crippen LogP contribution in [-0.4, -0.2) is 8.75 Å². The van der Waals surface area contributed by atoms with Gasteiger partial charge < -0.3 is 0 Å². The van der Waals surface area contributed by atoms with E-state index in [1.54, 1.807) is 0 Å². The summed E-state index contributed by atoms with van der Waals surface area (Å²) < 4.78 is 45.1. The molecule has 3 aromatic heterocycles. The first-order chi connectivity index (χ1) is 34.8.